The molecule has 3 aromatic heterocycles. The molecule has 6 aromatic rings. The van der Waals surface area contributed by atoms with Crippen LogP contribution in [0.4, 0.5) is 0 Å². The number of unbranched alkanes of at least 4 members (excludes halogenated alkanes) is 1. The molecular weight excluding hydrogens is 685 g/mol. The molecule has 0 saturated heterocycles. The molecule has 7 rings (SSSR count). The quantitative estimate of drug-likeness (QED) is 0.146. The van der Waals surface area contributed by atoms with Crippen LogP contribution in [-0.4, -0.2) is 19.3 Å². The lowest BCUT2D eigenvalue weighted by atomic mass is 9.58. The predicted molar refractivity (Wildman–Crippen MR) is 236 cm³/mol. The van der Waals surface area contributed by atoms with Gasteiger partial charge in [-0.05, 0) is 115 Å². The Kier molecular flexibility index (Phi) is 10.4. The zero-order valence-electron chi connectivity index (χ0n) is 36.3. The van der Waals surface area contributed by atoms with Crippen molar-refractivity contribution in [1.29, 1.82) is 0 Å². The maximum Gasteiger partial charge on any atom is 0.137 e. The highest BCUT2D eigenvalue weighted by atomic mass is 16.5. The largest absolute Gasteiger partial charge is 0.457 e. The van der Waals surface area contributed by atoms with E-state index in [9.17, 15) is 0 Å². The summed E-state index contributed by atoms with van der Waals surface area (Å²) in [6.45, 7) is 30.3. The Balaban J connectivity index is 1.34. The summed E-state index contributed by atoms with van der Waals surface area (Å²) in [4.78, 5) is 4.89. The molecule has 0 aliphatic heterocycles. The molecule has 1 unspecified atom stereocenters. The number of nitrogens with zero attached hydrogens (tertiary/aromatic N) is 4. The number of fused-ring (bicyclic) bond motifs is 3. The minimum atomic E-state index is -0.100. The summed E-state index contributed by atoms with van der Waals surface area (Å²) < 4.78 is 11.4. The van der Waals surface area contributed by atoms with Gasteiger partial charge >= 0.3 is 0 Å². The Morgan fingerprint density at radius 1 is 0.786 bits per heavy atom. The number of pyridine rings is 1. The Labute approximate surface area is 336 Å². The molecule has 3 heterocycles. The number of hydrogen-bond acceptors (Lipinski definition) is 3. The summed E-state index contributed by atoms with van der Waals surface area (Å²) in [5.41, 5.74) is 11.1. The minimum Gasteiger partial charge on any atom is -0.457 e. The van der Waals surface area contributed by atoms with Gasteiger partial charge in [-0.2, -0.15) is 5.10 Å². The zero-order chi connectivity index (χ0) is 40.3. The van der Waals surface area contributed by atoms with Crippen LogP contribution < -0.4 is 4.74 Å². The van der Waals surface area contributed by atoms with Crippen LogP contribution in [0.15, 0.2) is 90.6 Å². The third-order valence-electron chi connectivity index (χ3n) is 12.2. The van der Waals surface area contributed by atoms with E-state index in [0.29, 0.717) is 17.8 Å². The molecule has 5 nitrogen and oxygen atoms in total. The standard InChI is InChI=1S/C51H64N4O/c1-14-15-18-35-23-24-52-46(27-35)54-44-20-17-16-19-40(44)41-22-21-38(31-45(41)54)56-39-29-36(49(5,6)7)28-37(30-39)55-34(4)47(33(3)53-55)48-42(50(8,9)10)25-32(2)26-43(48)51(11,12)13/h16-17,19-25,27-32,43,48H,14-15,18,26H2,1-13H3/t32-,43-,48?/m0/s1. The zero-order valence-corrected chi connectivity index (χ0v) is 36.3. The van der Waals surface area contributed by atoms with Gasteiger partial charge in [0.1, 0.15) is 17.3 Å². The molecule has 0 amide bonds. The number of rotatable bonds is 8. The average Bonchev–Trinajstić information content (AvgIpc) is 3.61. The number of allylic oxidation sites excluding steroid dienone is 2. The van der Waals surface area contributed by atoms with Crippen molar-refractivity contribution in [1.82, 2.24) is 19.3 Å². The molecule has 0 N–H and O–H groups in total. The molecule has 0 radical (unpaired) electrons. The summed E-state index contributed by atoms with van der Waals surface area (Å²) in [6.07, 6.45) is 9.08. The van der Waals surface area contributed by atoms with Crippen LogP contribution in [0.25, 0.3) is 33.3 Å². The van der Waals surface area contributed by atoms with Gasteiger partial charge in [0.25, 0.3) is 0 Å². The fourth-order valence-corrected chi connectivity index (χ4v) is 9.23. The van der Waals surface area contributed by atoms with Crippen LogP contribution in [-0.2, 0) is 11.8 Å². The van der Waals surface area contributed by atoms with Crippen molar-refractivity contribution < 1.29 is 4.74 Å². The van der Waals surface area contributed by atoms with Crippen LogP contribution in [0.3, 0.4) is 0 Å². The molecule has 0 fully saturated rings. The Hall–Kier alpha value is -4.64. The fraction of sp³-hybridized carbons (Fsp3) is 0.451. The first-order valence-corrected chi connectivity index (χ1v) is 21.0. The molecule has 5 heteroatoms. The van der Waals surface area contributed by atoms with E-state index in [-0.39, 0.29) is 16.2 Å². The SMILES string of the molecule is CCCCc1ccnc(-n2c3ccccc3c3ccc(Oc4cc(-n5nc(C)c(C6C(C(C)(C)C)=C[C@H](C)C[C@@H]6C(C)(C)C)c5C)cc(C(C)(C)C)c4)cc32)c1. The predicted octanol–water partition coefficient (Wildman–Crippen LogP) is 14.2. The highest BCUT2D eigenvalue weighted by Crippen LogP contribution is 2.54. The third kappa shape index (κ3) is 7.59. The average molecular weight is 749 g/mol. The summed E-state index contributed by atoms with van der Waals surface area (Å²) in [5.74, 6) is 3.89. The van der Waals surface area contributed by atoms with E-state index in [1.807, 2.05) is 6.20 Å². The first kappa shape index (κ1) is 39.6. The second-order valence-electron chi connectivity index (χ2n) is 19.8. The molecule has 294 valence electrons. The van der Waals surface area contributed by atoms with Crippen molar-refractivity contribution in [3.05, 3.63) is 119 Å². The number of benzene rings is 3. The van der Waals surface area contributed by atoms with Gasteiger partial charge in [0.2, 0.25) is 0 Å². The number of aromatic nitrogens is 4. The molecular formula is C51H64N4O. The number of ether oxygens (including phenoxy) is 1. The maximum absolute atomic E-state index is 6.89. The highest BCUT2D eigenvalue weighted by molar-refractivity contribution is 6.09. The molecule has 0 spiro atoms. The highest BCUT2D eigenvalue weighted by Gasteiger charge is 2.44. The van der Waals surface area contributed by atoms with Crippen LogP contribution >= 0.6 is 0 Å². The molecule has 3 atom stereocenters. The van der Waals surface area contributed by atoms with E-state index in [4.69, 9.17) is 14.8 Å². The van der Waals surface area contributed by atoms with E-state index >= 15 is 0 Å². The van der Waals surface area contributed by atoms with Crippen molar-refractivity contribution in [3.8, 4) is 23.0 Å². The molecule has 1 aliphatic carbocycles. The monoisotopic (exact) mass is 749 g/mol. The van der Waals surface area contributed by atoms with E-state index in [1.165, 1.54) is 46.0 Å². The smallest absolute Gasteiger partial charge is 0.137 e. The van der Waals surface area contributed by atoms with E-state index in [1.54, 1.807) is 5.57 Å². The van der Waals surface area contributed by atoms with Gasteiger partial charge in [0.15, 0.2) is 0 Å². The lowest BCUT2D eigenvalue weighted by molar-refractivity contribution is 0.162. The lowest BCUT2D eigenvalue weighted by Crippen LogP contribution is -2.36. The Bertz CT molecular complexity index is 2420. The van der Waals surface area contributed by atoms with Crippen molar-refractivity contribution in [2.75, 3.05) is 0 Å². The lowest BCUT2D eigenvalue weighted by Gasteiger charge is -2.46. The van der Waals surface area contributed by atoms with Crippen LogP contribution in [0, 0.1) is 36.5 Å². The number of aryl methyl sites for hydroxylation is 2. The van der Waals surface area contributed by atoms with Gasteiger partial charge in [-0.3, -0.25) is 4.57 Å². The van der Waals surface area contributed by atoms with Gasteiger partial charge < -0.3 is 4.74 Å². The summed E-state index contributed by atoms with van der Waals surface area (Å²) >= 11 is 0. The normalized spacial score (nSPS) is 18.2. The first-order chi connectivity index (χ1) is 26.3. The molecule has 1 aliphatic rings. The summed E-state index contributed by atoms with van der Waals surface area (Å²) in [7, 11) is 0. The molecule has 3 aromatic carbocycles. The second kappa shape index (κ2) is 14.7. The number of para-hydroxylation sites is 1. The molecule has 0 bridgehead atoms. The van der Waals surface area contributed by atoms with Crippen LogP contribution in [0.5, 0.6) is 11.5 Å². The topological polar surface area (TPSA) is 44.9 Å². The molecule has 0 saturated carbocycles. The van der Waals surface area contributed by atoms with Crippen molar-refractivity contribution in [2.45, 2.75) is 127 Å². The van der Waals surface area contributed by atoms with Gasteiger partial charge in [0, 0.05) is 46.3 Å². The number of hydrogen-bond donors (Lipinski definition) is 0. The van der Waals surface area contributed by atoms with Gasteiger partial charge in [-0.1, -0.05) is 112 Å². The Morgan fingerprint density at radius 3 is 2.21 bits per heavy atom. The van der Waals surface area contributed by atoms with Crippen molar-refractivity contribution >= 4 is 21.8 Å². The summed E-state index contributed by atoms with van der Waals surface area (Å²) in [6, 6.07) is 26.2. The van der Waals surface area contributed by atoms with Crippen molar-refractivity contribution in [3.63, 3.8) is 0 Å². The van der Waals surface area contributed by atoms with E-state index in [2.05, 4.69) is 178 Å². The van der Waals surface area contributed by atoms with Gasteiger partial charge in [0.05, 0.1) is 22.4 Å². The summed E-state index contributed by atoms with van der Waals surface area (Å²) in [5, 5.41) is 7.73. The first-order valence-electron chi connectivity index (χ1n) is 21.0. The fourth-order valence-electron chi connectivity index (χ4n) is 9.23. The minimum absolute atomic E-state index is 0.0533. The molecule has 56 heavy (non-hydrogen) atoms. The van der Waals surface area contributed by atoms with Crippen LogP contribution in [0.2, 0.25) is 0 Å². The van der Waals surface area contributed by atoms with Gasteiger partial charge in [-0.25, -0.2) is 9.67 Å². The van der Waals surface area contributed by atoms with Crippen molar-refractivity contribution in [2.24, 2.45) is 22.7 Å². The Morgan fingerprint density at radius 2 is 1.52 bits per heavy atom. The maximum atomic E-state index is 6.89. The van der Waals surface area contributed by atoms with E-state index < -0.39 is 0 Å². The van der Waals surface area contributed by atoms with Crippen LogP contribution in [0.1, 0.15) is 129 Å². The van der Waals surface area contributed by atoms with Gasteiger partial charge in [-0.15, -0.1) is 0 Å². The second-order valence-corrected chi connectivity index (χ2v) is 19.8. The third-order valence-corrected chi connectivity index (χ3v) is 12.2. The van der Waals surface area contributed by atoms with E-state index in [0.717, 1.165) is 52.6 Å².